The fourth-order valence-electron chi connectivity index (χ4n) is 7.23. The van der Waals surface area contributed by atoms with Gasteiger partial charge in [-0.2, -0.15) is 0 Å². The van der Waals surface area contributed by atoms with Gasteiger partial charge in [-0.25, -0.2) is 8.78 Å². The minimum Gasteiger partial charge on any atom is -0.870 e. The predicted octanol–water partition coefficient (Wildman–Crippen LogP) is 6.31. The van der Waals surface area contributed by atoms with Crippen LogP contribution in [-0.4, -0.2) is 43.9 Å². The van der Waals surface area contributed by atoms with Crippen LogP contribution in [0.15, 0.2) is 72.8 Å². The van der Waals surface area contributed by atoms with Gasteiger partial charge in [-0.1, -0.05) is 26.0 Å². The van der Waals surface area contributed by atoms with Crippen LogP contribution in [0.25, 0.3) is 0 Å². The van der Waals surface area contributed by atoms with Crippen LogP contribution in [0.3, 0.4) is 0 Å². The summed E-state index contributed by atoms with van der Waals surface area (Å²) in [6, 6.07) is 19.5. The van der Waals surface area contributed by atoms with Crippen molar-refractivity contribution in [3.63, 3.8) is 0 Å². The van der Waals surface area contributed by atoms with E-state index in [1.54, 1.807) is 38.5 Å². The van der Waals surface area contributed by atoms with Crippen LogP contribution < -0.4 is 70.3 Å². The van der Waals surface area contributed by atoms with Crippen molar-refractivity contribution in [3.05, 3.63) is 107 Å². The molecule has 6 rings (SSSR count). The number of fused-ring (bicyclic) bond motifs is 2. The van der Waals surface area contributed by atoms with Crippen LogP contribution in [0.2, 0.25) is 0 Å². The number of carbonyl (C=O) groups excluding carboxylic acids is 1. The molecule has 12 heteroatoms. The van der Waals surface area contributed by atoms with E-state index in [0.717, 1.165) is 60.8 Å². The second-order valence-electron chi connectivity index (χ2n) is 13.6. The molecule has 2 atom stereocenters. The monoisotopic (exact) mass is 758 g/mol. The minimum absolute atomic E-state index is 0. The molecule has 2 aliphatic carbocycles. The molecule has 0 unspecified atom stereocenters. The van der Waals surface area contributed by atoms with Gasteiger partial charge in [0, 0.05) is 23.0 Å². The number of rotatable bonds is 10. The van der Waals surface area contributed by atoms with Gasteiger partial charge in [-0.05, 0) is 109 Å². The molecule has 278 valence electrons. The number of carboxylic acids is 1. The number of hydrogen-bond acceptors (Lipinski definition) is 8. The molecule has 2 aliphatic rings. The van der Waals surface area contributed by atoms with Gasteiger partial charge in [0.1, 0.15) is 23.1 Å². The Morgan fingerprint density at radius 2 is 1.11 bits per heavy atom. The van der Waals surface area contributed by atoms with E-state index < -0.39 is 11.4 Å². The Morgan fingerprint density at radius 3 is 1.49 bits per heavy atom. The summed E-state index contributed by atoms with van der Waals surface area (Å²) in [4.78, 5) is 23.2. The molecule has 0 aromatic heterocycles. The zero-order valence-electron chi connectivity index (χ0n) is 31.1. The Morgan fingerprint density at radius 1 is 0.679 bits per heavy atom. The molecule has 0 spiro atoms. The second-order valence-corrected chi connectivity index (χ2v) is 13.6. The molecule has 0 bridgehead atoms. The van der Waals surface area contributed by atoms with E-state index in [1.807, 2.05) is 31.2 Å². The molecule has 2 N–H and O–H groups in total. The maximum atomic E-state index is 13.5. The first-order valence-electron chi connectivity index (χ1n) is 16.9. The summed E-state index contributed by atoms with van der Waals surface area (Å²) < 4.78 is 54.4. The fourth-order valence-corrected chi connectivity index (χ4v) is 7.23. The maximum Gasteiger partial charge on any atom is 1.00 e. The maximum absolute atomic E-state index is 13.5. The molecule has 0 saturated heterocycles. The van der Waals surface area contributed by atoms with Crippen LogP contribution >= 0.6 is 0 Å². The van der Waals surface area contributed by atoms with Gasteiger partial charge >= 0.3 is 63.3 Å². The zero-order valence-corrected chi connectivity index (χ0v) is 34.2. The van der Waals surface area contributed by atoms with Crippen molar-refractivity contribution in [2.24, 2.45) is 0 Å². The van der Waals surface area contributed by atoms with E-state index >= 15 is 0 Å². The van der Waals surface area contributed by atoms with Crippen LogP contribution in [0, 0.1) is 11.6 Å². The van der Waals surface area contributed by atoms with E-state index in [-0.39, 0.29) is 86.3 Å². The molecule has 4 aromatic carbocycles. The van der Waals surface area contributed by atoms with Crippen molar-refractivity contribution < 1.29 is 104 Å². The summed E-state index contributed by atoms with van der Waals surface area (Å²) in [6.07, 6.45) is 5.79. The van der Waals surface area contributed by atoms with Gasteiger partial charge in [0.2, 0.25) is 0 Å². The summed E-state index contributed by atoms with van der Waals surface area (Å²) >= 11 is 0. The number of ether oxygens (including phenoxy) is 5. The van der Waals surface area contributed by atoms with Gasteiger partial charge in [-0.15, -0.1) is 0 Å². The Balaban J connectivity index is 0.000000275. The second kappa shape index (κ2) is 19.2. The minimum atomic E-state index is -0.821. The first kappa shape index (κ1) is 43.9. The molecule has 0 heterocycles. The average Bonchev–Trinajstić information content (AvgIpc) is 3.08. The van der Waals surface area contributed by atoms with Crippen molar-refractivity contribution in [2.75, 3.05) is 21.3 Å². The first-order chi connectivity index (χ1) is 24.4. The number of carboxylic acid groups (broad SMARTS) is 1. The van der Waals surface area contributed by atoms with Crippen LogP contribution in [-0.2, 0) is 38.0 Å². The average molecular weight is 759 g/mol. The number of hydrogen-bond donors (Lipinski definition) is 1. The Hall–Kier alpha value is -3.52. The van der Waals surface area contributed by atoms with Crippen LogP contribution in [0.4, 0.5) is 8.78 Å². The summed E-state index contributed by atoms with van der Waals surface area (Å²) in [6.45, 7) is 4.04. The van der Waals surface area contributed by atoms with Crippen LogP contribution in [0.1, 0.15) is 74.6 Å². The van der Waals surface area contributed by atoms with Crippen molar-refractivity contribution >= 4 is 11.9 Å². The summed E-state index contributed by atoms with van der Waals surface area (Å²) in [5.41, 5.74) is 3.47. The normalized spacial score (nSPS) is 18.2. The van der Waals surface area contributed by atoms with Gasteiger partial charge in [-0.3, -0.25) is 9.59 Å². The molecule has 53 heavy (non-hydrogen) atoms. The third-order valence-electron chi connectivity index (χ3n) is 9.78. The van der Waals surface area contributed by atoms with Crippen LogP contribution in [0.5, 0.6) is 34.5 Å². The molecule has 0 amide bonds. The number of aliphatic carboxylic acids is 1. The Bertz CT molecular complexity index is 1900. The van der Waals surface area contributed by atoms with Gasteiger partial charge < -0.3 is 34.3 Å². The summed E-state index contributed by atoms with van der Waals surface area (Å²) in [7, 11) is 4.54. The zero-order chi connectivity index (χ0) is 36.8. The molecule has 0 fully saturated rings. The number of esters is 1. The first-order valence-corrected chi connectivity index (χ1v) is 16.9. The fraction of sp³-hybridized carbons (Fsp3) is 0.366. The quantitative estimate of drug-likeness (QED) is 0.146. The topological polar surface area (TPSA) is 131 Å². The SMILES string of the molecule is COC(=O)C[C@@]1(C)CCCc2cc(OC)c(Oc3cccc(F)c3)cc21.COc1cc2c(cc1Oc1cccc(F)c1)[C@@](C)(CC(=O)O)CCC2.[K+].[OH-]. The number of aryl methyl sites for hydroxylation is 2. The number of methoxy groups -OCH3 is 3. The molecule has 9 nitrogen and oxygen atoms in total. The van der Waals surface area contributed by atoms with E-state index in [1.165, 1.54) is 31.4 Å². The van der Waals surface area contributed by atoms with Gasteiger partial charge in [0.25, 0.3) is 0 Å². The van der Waals surface area contributed by atoms with Crippen molar-refractivity contribution in [3.8, 4) is 34.5 Å². The Labute approximate surface area is 351 Å². The van der Waals surface area contributed by atoms with E-state index in [9.17, 15) is 23.5 Å². The number of benzene rings is 4. The molecule has 0 aliphatic heterocycles. The molecular formula is C41H45F2KO9. The third-order valence-corrected chi connectivity index (χ3v) is 9.78. The van der Waals surface area contributed by atoms with E-state index in [4.69, 9.17) is 23.7 Å². The number of halogens is 2. The van der Waals surface area contributed by atoms with Gasteiger partial charge in [0.05, 0.1) is 34.2 Å². The standard InChI is InChI=1S/C21H23FO4.C20H21FO4.K.H2O/c1-21(13-20(23)25-3)9-5-6-14-10-18(24-2)19(12-17(14)21)26-16-8-4-7-15(22)11-16;1-20(12-19(22)23)8-4-5-13-9-17(24-2)18(11-16(13)20)25-15-7-3-6-14(21)10-15;;/h4,7-8,10-12H,5-6,9,13H2,1-3H3;3,6-7,9-11H,4-5,8,12H2,1-2H3,(H,22,23);;1H2/q;;+1;/p-1/t21-;20-;;/m11../s1. The van der Waals surface area contributed by atoms with Crippen molar-refractivity contribution in [2.45, 2.75) is 76.0 Å². The number of carbonyl (C=O) groups is 2. The smallest absolute Gasteiger partial charge is 0.870 e. The molecule has 0 radical (unpaired) electrons. The summed E-state index contributed by atoms with van der Waals surface area (Å²) in [5.74, 6) is 1.09. The third kappa shape index (κ3) is 10.8. The molecule has 0 saturated carbocycles. The predicted molar refractivity (Wildman–Crippen MR) is 190 cm³/mol. The molecule has 4 aromatic rings. The van der Waals surface area contributed by atoms with Crippen molar-refractivity contribution in [1.29, 1.82) is 0 Å². The summed E-state index contributed by atoms with van der Waals surface area (Å²) in [5, 5.41) is 9.29. The van der Waals surface area contributed by atoms with Crippen molar-refractivity contribution in [1.82, 2.24) is 0 Å². The Kier molecular flexibility index (Phi) is 15.9. The largest absolute Gasteiger partial charge is 1.00 e. The van der Waals surface area contributed by atoms with Gasteiger partial charge in [0.15, 0.2) is 23.0 Å². The van der Waals surface area contributed by atoms with E-state index in [2.05, 4.69) is 6.92 Å². The van der Waals surface area contributed by atoms with E-state index in [0.29, 0.717) is 40.9 Å². The molecular weight excluding hydrogens is 714 g/mol.